The molecule has 38 heavy (non-hydrogen) atoms. The summed E-state index contributed by atoms with van der Waals surface area (Å²) in [6.07, 6.45) is 1.66. The van der Waals surface area contributed by atoms with Gasteiger partial charge in [-0.15, -0.1) is 10.2 Å². The average molecular weight is 594 g/mol. The van der Waals surface area contributed by atoms with Crippen LogP contribution in [0.3, 0.4) is 0 Å². The molecule has 1 aromatic heterocycles. The van der Waals surface area contributed by atoms with Crippen LogP contribution in [0.4, 0.5) is 5.69 Å². The third kappa shape index (κ3) is 6.05. The predicted molar refractivity (Wildman–Crippen MR) is 154 cm³/mol. The Bertz CT molecular complexity index is 1390. The lowest BCUT2D eigenvalue weighted by Crippen LogP contribution is -2.17. The molecular weight excluding hydrogens is 564 g/mol. The van der Waals surface area contributed by atoms with E-state index >= 15 is 0 Å². The highest BCUT2D eigenvalue weighted by Gasteiger charge is 2.27. The fourth-order valence-electron chi connectivity index (χ4n) is 4.04. The first kappa shape index (κ1) is 26.3. The summed E-state index contributed by atoms with van der Waals surface area (Å²) in [7, 11) is 0. The Labute approximate surface area is 235 Å². The van der Waals surface area contributed by atoms with Crippen molar-refractivity contribution < 1.29 is 14.2 Å². The van der Waals surface area contributed by atoms with Crippen molar-refractivity contribution in [2.24, 2.45) is 0 Å². The maximum absolute atomic E-state index is 6.47. The van der Waals surface area contributed by atoms with E-state index in [1.165, 1.54) is 0 Å². The summed E-state index contributed by atoms with van der Waals surface area (Å²) in [4.78, 5) is 4.74. The standard InChI is InChI=1S/C29H29BrN4O3S/c1-3-5-15-38-29-32-28-25(33-34-29)21-13-9-10-14-23(21)31-27(37-28)20-16-22(30)26(24(17-20)35-4-2)36-18-19-11-7-6-8-12-19/h6-14,16-17,27,31H,3-5,15,18H2,1-2H3/t27-/m0/s1. The Hall–Kier alpha value is -3.30. The Balaban J connectivity index is 1.48. The van der Waals surface area contributed by atoms with E-state index in [1.807, 2.05) is 73.7 Å². The molecule has 1 atom stereocenters. The summed E-state index contributed by atoms with van der Waals surface area (Å²) >= 11 is 5.30. The number of thioether (sulfide) groups is 1. The number of para-hydroxylation sites is 1. The zero-order valence-electron chi connectivity index (χ0n) is 21.3. The van der Waals surface area contributed by atoms with Crippen LogP contribution in [0.1, 0.15) is 44.0 Å². The molecular formula is C29H29BrN4O3S. The largest absolute Gasteiger partial charge is 0.490 e. The van der Waals surface area contributed by atoms with E-state index in [0.717, 1.165) is 45.4 Å². The maximum Gasteiger partial charge on any atom is 0.247 e. The molecule has 0 spiro atoms. The monoisotopic (exact) mass is 592 g/mol. The van der Waals surface area contributed by atoms with E-state index in [4.69, 9.17) is 19.2 Å². The van der Waals surface area contributed by atoms with Crippen LogP contribution in [0.15, 0.2) is 76.4 Å². The Kier molecular flexibility index (Phi) is 8.65. The highest BCUT2D eigenvalue weighted by molar-refractivity contribution is 9.10. The Morgan fingerprint density at radius 1 is 1.00 bits per heavy atom. The molecule has 2 heterocycles. The molecule has 0 amide bonds. The van der Waals surface area contributed by atoms with E-state index in [-0.39, 0.29) is 0 Å². The van der Waals surface area contributed by atoms with Gasteiger partial charge in [0.1, 0.15) is 6.61 Å². The van der Waals surface area contributed by atoms with E-state index in [1.54, 1.807) is 11.8 Å². The second-order valence-electron chi connectivity index (χ2n) is 8.68. The molecule has 0 fully saturated rings. The molecule has 0 unspecified atom stereocenters. The van der Waals surface area contributed by atoms with Gasteiger partial charge >= 0.3 is 0 Å². The Morgan fingerprint density at radius 3 is 2.63 bits per heavy atom. The van der Waals surface area contributed by atoms with E-state index < -0.39 is 6.23 Å². The van der Waals surface area contributed by atoms with Crippen molar-refractivity contribution in [2.75, 3.05) is 17.7 Å². The number of hydrogen-bond acceptors (Lipinski definition) is 8. The smallest absolute Gasteiger partial charge is 0.247 e. The first-order valence-electron chi connectivity index (χ1n) is 12.7. The van der Waals surface area contributed by atoms with Crippen LogP contribution < -0.4 is 19.5 Å². The number of ether oxygens (including phenoxy) is 3. The first-order valence-corrected chi connectivity index (χ1v) is 14.5. The Morgan fingerprint density at radius 2 is 1.82 bits per heavy atom. The third-order valence-electron chi connectivity index (χ3n) is 5.92. The highest BCUT2D eigenvalue weighted by Crippen LogP contribution is 2.43. The summed E-state index contributed by atoms with van der Waals surface area (Å²) in [5.74, 6) is 2.66. The van der Waals surface area contributed by atoms with Gasteiger partial charge < -0.3 is 19.5 Å². The fourth-order valence-corrected chi connectivity index (χ4v) is 5.47. The van der Waals surface area contributed by atoms with Crippen molar-refractivity contribution in [3.05, 3.63) is 82.3 Å². The van der Waals surface area contributed by atoms with Gasteiger partial charge in [0.25, 0.3) is 0 Å². The maximum atomic E-state index is 6.47. The van der Waals surface area contributed by atoms with Crippen LogP contribution in [0, 0.1) is 0 Å². The van der Waals surface area contributed by atoms with E-state index in [9.17, 15) is 0 Å². The number of anilines is 1. The van der Waals surface area contributed by atoms with Crippen molar-refractivity contribution in [3.8, 4) is 28.6 Å². The summed E-state index contributed by atoms with van der Waals surface area (Å²) < 4.78 is 19.4. The molecule has 1 aliphatic heterocycles. The van der Waals surface area contributed by atoms with E-state index in [2.05, 4.69) is 38.4 Å². The molecule has 3 aromatic carbocycles. The second kappa shape index (κ2) is 12.5. The summed E-state index contributed by atoms with van der Waals surface area (Å²) in [6.45, 7) is 5.05. The predicted octanol–water partition coefficient (Wildman–Crippen LogP) is 7.67. The minimum Gasteiger partial charge on any atom is -0.490 e. The molecule has 0 aliphatic carbocycles. The van der Waals surface area contributed by atoms with Crippen molar-refractivity contribution in [1.29, 1.82) is 0 Å². The number of nitrogens with zero attached hydrogens (tertiary/aromatic N) is 3. The summed E-state index contributed by atoms with van der Waals surface area (Å²) in [5, 5.41) is 13.0. The number of fused-ring (bicyclic) bond motifs is 3. The lowest BCUT2D eigenvalue weighted by atomic mass is 10.1. The fraction of sp³-hybridized carbons (Fsp3) is 0.276. The molecule has 1 aliphatic rings. The van der Waals surface area contributed by atoms with Crippen molar-refractivity contribution in [2.45, 2.75) is 44.7 Å². The zero-order chi connectivity index (χ0) is 26.3. The molecule has 7 nitrogen and oxygen atoms in total. The number of rotatable bonds is 10. The average Bonchev–Trinajstić information content (AvgIpc) is 3.10. The van der Waals surface area contributed by atoms with Gasteiger partial charge in [0.15, 0.2) is 23.4 Å². The number of halogens is 1. The molecule has 5 rings (SSSR count). The summed E-state index contributed by atoms with van der Waals surface area (Å²) in [6, 6.07) is 21.9. The number of unbranched alkanes of at least 4 members (excludes halogenated alkanes) is 1. The number of benzene rings is 3. The van der Waals surface area contributed by atoms with Gasteiger partial charge in [-0.05, 0) is 53.0 Å². The molecule has 0 bridgehead atoms. The van der Waals surface area contributed by atoms with Gasteiger partial charge in [0.2, 0.25) is 11.0 Å². The SMILES string of the molecule is CCCCSc1nnc2c(n1)O[C@@H](c1cc(Br)c(OCc3ccccc3)c(OCC)c1)Nc1ccccc1-2. The van der Waals surface area contributed by atoms with Gasteiger partial charge in [0, 0.05) is 22.6 Å². The minimum atomic E-state index is -0.540. The number of aromatic nitrogens is 3. The third-order valence-corrected chi connectivity index (χ3v) is 7.44. The van der Waals surface area contributed by atoms with Crippen LogP contribution in [-0.4, -0.2) is 27.5 Å². The van der Waals surface area contributed by atoms with E-state index in [0.29, 0.717) is 41.4 Å². The topological polar surface area (TPSA) is 78.4 Å². The molecule has 4 aromatic rings. The van der Waals surface area contributed by atoms with Crippen LogP contribution in [0.5, 0.6) is 17.4 Å². The molecule has 9 heteroatoms. The van der Waals surface area contributed by atoms with Crippen LogP contribution >= 0.6 is 27.7 Å². The van der Waals surface area contributed by atoms with Crippen molar-refractivity contribution in [1.82, 2.24) is 15.2 Å². The highest BCUT2D eigenvalue weighted by atomic mass is 79.9. The molecule has 1 N–H and O–H groups in total. The van der Waals surface area contributed by atoms with Gasteiger partial charge in [0.05, 0.1) is 11.1 Å². The normalized spacial score (nSPS) is 13.9. The van der Waals surface area contributed by atoms with Crippen LogP contribution in [-0.2, 0) is 6.61 Å². The molecule has 0 saturated heterocycles. The van der Waals surface area contributed by atoms with Crippen LogP contribution in [0.25, 0.3) is 11.3 Å². The number of nitrogens with one attached hydrogen (secondary N) is 1. The molecule has 196 valence electrons. The quantitative estimate of drug-likeness (QED) is 0.148. The van der Waals surface area contributed by atoms with Gasteiger partial charge in [-0.3, -0.25) is 0 Å². The van der Waals surface area contributed by atoms with Crippen molar-refractivity contribution >= 4 is 33.4 Å². The zero-order valence-corrected chi connectivity index (χ0v) is 23.7. The second-order valence-corrected chi connectivity index (χ2v) is 10.6. The van der Waals surface area contributed by atoms with Gasteiger partial charge in [-0.2, -0.15) is 4.98 Å². The minimum absolute atomic E-state index is 0.429. The lowest BCUT2D eigenvalue weighted by Gasteiger charge is -2.22. The lowest BCUT2D eigenvalue weighted by molar-refractivity contribution is 0.223. The molecule has 0 saturated carbocycles. The van der Waals surface area contributed by atoms with Crippen molar-refractivity contribution in [3.63, 3.8) is 0 Å². The summed E-state index contributed by atoms with van der Waals surface area (Å²) in [5.41, 5.74) is 4.32. The number of hydrogen-bond donors (Lipinski definition) is 1. The van der Waals surface area contributed by atoms with Gasteiger partial charge in [-0.25, -0.2) is 0 Å². The van der Waals surface area contributed by atoms with Gasteiger partial charge in [-0.1, -0.05) is 73.6 Å². The van der Waals surface area contributed by atoms with Crippen LogP contribution in [0.2, 0.25) is 0 Å². The molecule has 0 radical (unpaired) electrons. The first-order chi connectivity index (χ1) is 18.7.